The number of pyridine rings is 1. The van der Waals surface area contributed by atoms with Crippen molar-refractivity contribution in [1.82, 2.24) is 9.47 Å². The molecule has 1 aromatic rings. The lowest BCUT2D eigenvalue weighted by molar-refractivity contribution is 0.304. The molecule has 0 bridgehead atoms. The molecule has 0 radical (unpaired) electrons. The molecule has 0 saturated carbocycles. The van der Waals surface area contributed by atoms with Crippen molar-refractivity contribution in [2.24, 2.45) is 0 Å². The predicted octanol–water partition coefficient (Wildman–Crippen LogP) is 0.728. The predicted molar refractivity (Wildman–Crippen MR) is 61.1 cm³/mol. The fraction of sp³-hybridized carbons (Fsp3) is 0.500. The second-order valence-corrected chi connectivity index (χ2v) is 4.18. The van der Waals surface area contributed by atoms with E-state index in [0.717, 1.165) is 30.8 Å². The molecule has 0 fully saturated rings. The molecule has 1 aliphatic rings. The van der Waals surface area contributed by atoms with Gasteiger partial charge in [-0.15, -0.1) is 0 Å². The smallest absolute Gasteiger partial charge is 0.268 e. The highest BCUT2D eigenvalue weighted by Gasteiger charge is 2.19. The molecule has 0 spiro atoms. The number of nitrogens with zero attached hydrogens (tertiary/aromatic N) is 3. The van der Waals surface area contributed by atoms with Gasteiger partial charge in [0.15, 0.2) is 0 Å². The van der Waals surface area contributed by atoms with E-state index in [1.807, 2.05) is 13.0 Å². The van der Waals surface area contributed by atoms with Crippen LogP contribution < -0.4 is 5.56 Å². The van der Waals surface area contributed by atoms with Gasteiger partial charge in [0.25, 0.3) is 5.56 Å². The Labute approximate surface area is 94.7 Å². The molecule has 0 aliphatic carbocycles. The molecule has 0 aromatic carbocycles. The average molecular weight is 217 g/mol. The SMILES string of the molecule is CCn1c2c(cc(C#N)c1=O)CN(C)CC2. The van der Waals surface area contributed by atoms with Crippen LogP contribution in [0.25, 0.3) is 0 Å². The van der Waals surface area contributed by atoms with E-state index in [1.165, 1.54) is 0 Å². The fourth-order valence-electron chi connectivity index (χ4n) is 2.27. The zero-order valence-electron chi connectivity index (χ0n) is 9.66. The van der Waals surface area contributed by atoms with Crippen LogP contribution in [0, 0.1) is 11.3 Å². The van der Waals surface area contributed by atoms with Gasteiger partial charge in [0, 0.05) is 31.7 Å². The Morgan fingerprint density at radius 3 is 2.94 bits per heavy atom. The van der Waals surface area contributed by atoms with Gasteiger partial charge < -0.3 is 9.47 Å². The molecule has 84 valence electrons. The van der Waals surface area contributed by atoms with Crippen LogP contribution in [0.1, 0.15) is 23.7 Å². The lowest BCUT2D eigenvalue weighted by Gasteiger charge is -2.27. The van der Waals surface area contributed by atoms with Crippen molar-refractivity contribution in [2.45, 2.75) is 26.4 Å². The van der Waals surface area contributed by atoms with E-state index in [1.54, 1.807) is 10.6 Å². The average Bonchev–Trinajstić information content (AvgIpc) is 2.28. The first kappa shape index (κ1) is 10.9. The summed E-state index contributed by atoms with van der Waals surface area (Å²) < 4.78 is 1.74. The Morgan fingerprint density at radius 1 is 1.56 bits per heavy atom. The van der Waals surface area contributed by atoms with Crippen molar-refractivity contribution in [3.8, 4) is 6.07 Å². The number of nitriles is 1. The monoisotopic (exact) mass is 217 g/mol. The lowest BCUT2D eigenvalue weighted by atomic mass is 10.0. The Hall–Kier alpha value is -1.60. The van der Waals surface area contributed by atoms with Crippen LogP contribution in [0.2, 0.25) is 0 Å². The van der Waals surface area contributed by atoms with Crippen molar-refractivity contribution in [2.75, 3.05) is 13.6 Å². The first-order chi connectivity index (χ1) is 7.67. The summed E-state index contributed by atoms with van der Waals surface area (Å²) >= 11 is 0. The summed E-state index contributed by atoms with van der Waals surface area (Å²) in [6.45, 7) is 4.38. The molecule has 4 heteroatoms. The molecule has 0 unspecified atom stereocenters. The molecule has 16 heavy (non-hydrogen) atoms. The number of hydrogen-bond donors (Lipinski definition) is 0. The summed E-state index contributed by atoms with van der Waals surface area (Å²) in [5, 5.41) is 8.93. The summed E-state index contributed by atoms with van der Waals surface area (Å²) in [5.74, 6) is 0. The molecule has 1 aromatic heterocycles. The highest BCUT2D eigenvalue weighted by atomic mass is 16.1. The van der Waals surface area contributed by atoms with E-state index in [0.29, 0.717) is 6.54 Å². The maximum atomic E-state index is 11.9. The molecule has 2 heterocycles. The molecule has 1 aliphatic heterocycles. The Bertz CT molecular complexity index is 510. The maximum absolute atomic E-state index is 11.9. The number of likely N-dealkylation sites (N-methyl/N-ethyl adjacent to an activating group) is 1. The van der Waals surface area contributed by atoms with Crippen LogP contribution >= 0.6 is 0 Å². The topological polar surface area (TPSA) is 49.0 Å². The third-order valence-electron chi connectivity index (χ3n) is 3.10. The van der Waals surface area contributed by atoms with Crippen LogP contribution in [0.3, 0.4) is 0 Å². The van der Waals surface area contributed by atoms with Crippen molar-refractivity contribution in [3.05, 3.63) is 33.2 Å². The minimum atomic E-state index is -0.145. The number of hydrogen-bond acceptors (Lipinski definition) is 3. The highest BCUT2D eigenvalue weighted by Crippen LogP contribution is 2.17. The van der Waals surface area contributed by atoms with Crippen LogP contribution in [-0.2, 0) is 19.5 Å². The summed E-state index contributed by atoms with van der Waals surface area (Å²) in [7, 11) is 2.05. The van der Waals surface area contributed by atoms with Gasteiger partial charge >= 0.3 is 0 Å². The van der Waals surface area contributed by atoms with E-state index in [9.17, 15) is 4.79 Å². The van der Waals surface area contributed by atoms with E-state index < -0.39 is 0 Å². The Balaban J connectivity index is 2.65. The third-order valence-corrected chi connectivity index (χ3v) is 3.10. The highest BCUT2D eigenvalue weighted by molar-refractivity contribution is 5.35. The standard InChI is InChI=1S/C12H15N3O/c1-3-15-11-4-5-14(2)8-10(11)6-9(7-13)12(15)16/h6H,3-5,8H2,1-2H3. The van der Waals surface area contributed by atoms with E-state index >= 15 is 0 Å². The molecule has 4 nitrogen and oxygen atoms in total. The minimum Gasteiger partial charge on any atom is -0.311 e. The van der Waals surface area contributed by atoms with Crippen LogP contribution in [0.4, 0.5) is 0 Å². The molecule has 0 amide bonds. The number of aromatic nitrogens is 1. The Morgan fingerprint density at radius 2 is 2.31 bits per heavy atom. The first-order valence-electron chi connectivity index (χ1n) is 5.51. The Kier molecular flexibility index (Phi) is 2.80. The van der Waals surface area contributed by atoms with Crippen molar-refractivity contribution in [1.29, 1.82) is 5.26 Å². The fourth-order valence-corrected chi connectivity index (χ4v) is 2.27. The molecular weight excluding hydrogens is 202 g/mol. The van der Waals surface area contributed by atoms with Gasteiger partial charge in [-0.3, -0.25) is 4.79 Å². The summed E-state index contributed by atoms with van der Waals surface area (Å²) in [6.07, 6.45) is 0.890. The zero-order valence-corrected chi connectivity index (χ0v) is 9.66. The molecule has 0 atom stereocenters. The largest absolute Gasteiger partial charge is 0.311 e. The second kappa shape index (κ2) is 4.11. The number of rotatable bonds is 1. The van der Waals surface area contributed by atoms with E-state index in [2.05, 4.69) is 11.9 Å². The third kappa shape index (κ3) is 1.63. The van der Waals surface area contributed by atoms with Crippen LogP contribution in [0.15, 0.2) is 10.9 Å². The van der Waals surface area contributed by atoms with Crippen LogP contribution in [0.5, 0.6) is 0 Å². The van der Waals surface area contributed by atoms with Gasteiger partial charge in [-0.2, -0.15) is 5.26 Å². The molecule has 0 N–H and O–H groups in total. The van der Waals surface area contributed by atoms with Crippen molar-refractivity contribution >= 4 is 0 Å². The summed E-state index contributed by atoms with van der Waals surface area (Å²) in [6, 6.07) is 3.73. The van der Waals surface area contributed by atoms with Gasteiger partial charge in [-0.25, -0.2) is 0 Å². The summed E-state index contributed by atoms with van der Waals surface area (Å²) in [5.41, 5.74) is 2.33. The van der Waals surface area contributed by atoms with Gasteiger partial charge in [-0.05, 0) is 25.6 Å². The van der Waals surface area contributed by atoms with E-state index in [4.69, 9.17) is 5.26 Å². The lowest BCUT2D eigenvalue weighted by Crippen LogP contribution is -2.34. The van der Waals surface area contributed by atoms with E-state index in [-0.39, 0.29) is 11.1 Å². The van der Waals surface area contributed by atoms with Crippen molar-refractivity contribution in [3.63, 3.8) is 0 Å². The molecular formula is C12H15N3O. The minimum absolute atomic E-state index is 0.145. The maximum Gasteiger partial charge on any atom is 0.268 e. The molecule has 2 rings (SSSR count). The van der Waals surface area contributed by atoms with Crippen molar-refractivity contribution < 1.29 is 0 Å². The zero-order chi connectivity index (χ0) is 11.7. The van der Waals surface area contributed by atoms with Gasteiger partial charge in [0.1, 0.15) is 11.6 Å². The number of fused-ring (bicyclic) bond motifs is 1. The first-order valence-corrected chi connectivity index (χ1v) is 5.51. The van der Waals surface area contributed by atoms with Gasteiger partial charge in [0.2, 0.25) is 0 Å². The quantitative estimate of drug-likeness (QED) is 0.696. The second-order valence-electron chi connectivity index (χ2n) is 4.18. The normalized spacial score (nSPS) is 15.6. The van der Waals surface area contributed by atoms with Gasteiger partial charge in [0.05, 0.1) is 0 Å². The summed E-state index contributed by atoms with van der Waals surface area (Å²) in [4.78, 5) is 14.1. The van der Waals surface area contributed by atoms with Gasteiger partial charge in [-0.1, -0.05) is 0 Å². The molecule has 0 saturated heterocycles. The van der Waals surface area contributed by atoms with Crippen LogP contribution in [-0.4, -0.2) is 23.1 Å².